The second-order valence-corrected chi connectivity index (χ2v) is 10.7. The summed E-state index contributed by atoms with van der Waals surface area (Å²) in [4.78, 5) is 14.7. The van der Waals surface area contributed by atoms with Gasteiger partial charge in [-0.05, 0) is 75.5 Å². The van der Waals surface area contributed by atoms with E-state index in [0.717, 1.165) is 70.5 Å². The van der Waals surface area contributed by atoms with Crippen molar-refractivity contribution in [3.05, 3.63) is 42.1 Å². The number of benzene rings is 2. The average molecular weight is 484 g/mol. The quantitative estimate of drug-likeness (QED) is 0.446. The highest BCUT2D eigenvalue weighted by Gasteiger charge is 2.34. The largest absolute Gasteiger partial charge is 0.462 e. The summed E-state index contributed by atoms with van der Waals surface area (Å²) in [6.07, 6.45) is 4.86. The van der Waals surface area contributed by atoms with E-state index in [2.05, 4.69) is 69.6 Å². The van der Waals surface area contributed by atoms with Gasteiger partial charge in [-0.1, -0.05) is 18.2 Å². The first-order chi connectivity index (χ1) is 17.6. The number of aryl methyl sites for hydroxylation is 1. The van der Waals surface area contributed by atoms with Gasteiger partial charge in [-0.15, -0.1) is 0 Å². The number of hydrogen-bond acceptors (Lipinski definition) is 7. The topological polar surface area (TPSA) is 82.2 Å². The van der Waals surface area contributed by atoms with Gasteiger partial charge in [0.15, 0.2) is 0 Å². The van der Waals surface area contributed by atoms with E-state index in [1.165, 1.54) is 19.3 Å². The number of likely N-dealkylation sites (N-methyl/N-ethyl adjacent to an activating group) is 1. The number of likely N-dealkylation sites (tertiary alicyclic amines) is 1. The van der Waals surface area contributed by atoms with Crippen molar-refractivity contribution in [2.24, 2.45) is 0 Å². The average Bonchev–Trinajstić information content (AvgIpc) is 3.59. The van der Waals surface area contributed by atoms with Gasteiger partial charge in [-0.25, -0.2) is 0 Å². The second kappa shape index (κ2) is 8.71. The van der Waals surface area contributed by atoms with Gasteiger partial charge in [0.2, 0.25) is 0 Å². The fraction of sp³-hybridized carbons (Fsp3) is 0.464. The van der Waals surface area contributed by atoms with Gasteiger partial charge >= 0.3 is 6.01 Å². The minimum Gasteiger partial charge on any atom is -0.462 e. The number of nitrogens with one attached hydrogen (secondary N) is 2. The van der Waals surface area contributed by atoms with Crippen molar-refractivity contribution >= 4 is 27.6 Å². The fourth-order valence-corrected chi connectivity index (χ4v) is 6.36. The molecule has 186 valence electrons. The number of aromatic amines is 1. The first kappa shape index (κ1) is 22.0. The zero-order valence-electron chi connectivity index (χ0n) is 21.0. The minimum absolute atomic E-state index is 0.427. The van der Waals surface area contributed by atoms with E-state index in [4.69, 9.17) is 14.7 Å². The Kier molecular flexibility index (Phi) is 5.32. The van der Waals surface area contributed by atoms with Crippen LogP contribution in [0.5, 0.6) is 6.01 Å². The Morgan fingerprint density at radius 2 is 1.89 bits per heavy atom. The Hall–Kier alpha value is -3.23. The summed E-state index contributed by atoms with van der Waals surface area (Å²) < 4.78 is 6.27. The SMILES string of the molecule is Cc1[nH]nc2cccc(-c3ccc4c(N5C[C@H]6CC[C@@H](C5)N6)nc(OC[C@@H]5CCCN5C)nc4c3)c12. The van der Waals surface area contributed by atoms with Crippen LogP contribution in [-0.2, 0) is 0 Å². The van der Waals surface area contributed by atoms with Gasteiger partial charge in [0.05, 0.1) is 11.0 Å². The highest BCUT2D eigenvalue weighted by atomic mass is 16.5. The molecule has 2 aromatic heterocycles. The van der Waals surface area contributed by atoms with Gasteiger partial charge in [-0.3, -0.25) is 5.10 Å². The molecule has 8 nitrogen and oxygen atoms in total. The third-order valence-electron chi connectivity index (χ3n) is 8.32. The molecule has 0 aliphatic carbocycles. The lowest BCUT2D eigenvalue weighted by Crippen LogP contribution is -2.51. The molecule has 0 spiro atoms. The molecule has 3 saturated heterocycles. The highest BCUT2D eigenvalue weighted by molar-refractivity contribution is 6.00. The zero-order valence-corrected chi connectivity index (χ0v) is 21.0. The highest BCUT2D eigenvalue weighted by Crippen LogP contribution is 2.35. The number of fused-ring (bicyclic) bond motifs is 4. The molecule has 3 aliphatic rings. The van der Waals surface area contributed by atoms with Crippen molar-refractivity contribution in [1.82, 2.24) is 30.4 Å². The van der Waals surface area contributed by atoms with Crippen molar-refractivity contribution in [3.8, 4) is 17.1 Å². The number of H-pyrrole nitrogens is 1. The summed E-state index contributed by atoms with van der Waals surface area (Å²) in [6.45, 7) is 5.78. The number of piperazine rings is 1. The predicted molar refractivity (Wildman–Crippen MR) is 143 cm³/mol. The van der Waals surface area contributed by atoms with Crippen molar-refractivity contribution in [2.45, 2.75) is 50.7 Å². The van der Waals surface area contributed by atoms with Crippen LogP contribution in [0.1, 0.15) is 31.4 Å². The van der Waals surface area contributed by atoms with Gasteiger partial charge in [0.25, 0.3) is 0 Å². The van der Waals surface area contributed by atoms with Crippen LogP contribution in [0.2, 0.25) is 0 Å². The maximum atomic E-state index is 6.27. The van der Waals surface area contributed by atoms with Crippen molar-refractivity contribution in [2.75, 3.05) is 38.2 Å². The standard InChI is InChI=1S/C28H33N7O/c1-17-26-22(6-3-7-24(26)33-32-17)18-8-11-23-25(13-18)30-28(36-16-21-5-4-12-34(21)2)31-27(23)35-14-19-9-10-20(15-35)29-19/h3,6-8,11,13,19-21,29H,4-5,9-10,12,14-16H2,1-2H3,(H,32,33)/t19-,20+,21-/m0/s1. The Morgan fingerprint density at radius 1 is 1.03 bits per heavy atom. The Morgan fingerprint density at radius 3 is 2.69 bits per heavy atom. The van der Waals surface area contributed by atoms with Gasteiger partial charge in [0.1, 0.15) is 12.4 Å². The summed E-state index contributed by atoms with van der Waals surface area (Å²) >= 11 is 0. The molecule has 2 bridgehead atoms. The lowest BCUT2D eigenvalue weighted by Gasteiger charge is -2.34. The zero-order chi connectivity index (χ0) is 24.2. The maximum absolute atomic E-state index is 6.27. The summed E-state index contributed by atoms with van der Waals surface area (Å²) in [7, 11) is 2.18. The molecular weight excluding hydrogens is 450 g/mol. The van der Waals surface area contributed by atoms with E-state index in [1.54, 1.807) is 0 Å². The van der Waals surface area contributed by atoms with Crippen LogP contribution < -0.4 is 15.0 Å². The van der Waals surface area contributed by atoms with Crippen LogP contribution in [0.25, 0.3) is 32.9 Å². The van der Waals surface area contributed by atoms with Gasteiger partial charge in [0, 0.05) is 47.7 Å². The fourth-order valence-electron chi connectivity index (χ4n) is 6.36. The molecule has 4 aromatic rings. The molecule has 2 N–H and O–H groups in total. The number of anilines is 1. The number of ether oxygens (including phenoxy) is 1. The molecule has 3 atom stereocenters. The van der Waals surface area contributed by atoms with Crippen LogP contribution in [0.3, 0.4) is 0 Å². The Bertz CT molecular complexity index is 1420. The first-order valence-electron chi connectivity index (χ1n) is 13.2. The lowest BCUT2D eigenvalue weighted by molar-refractivity contribution is 0.188. The first-order valence-corrected chi connectivity index (χ1v) is 13.2. The summed E-state index contributed by atoms with van der Waals surface area (Å²) in [5, 5.41) is 13.6. The van der Waals surface area contributed by atoms with E-state index in [-0.39, 0.29) is 0 Å². The molecule has 36 heavy (non-hydrogen) atoms. The molecule has 2 aromatic carbocycles. The normalized spacial score (nSPS) is 24.3. The molecule has 0 radical (unpaired) electrons. The number of rotatable bonds is 5. The monoisotopic (exact) mass is 483 g/mol. The molecule has 0 amide bonds. The second-order valence-electron chi connectivity index (χ2n) is 10.7. The Balaban J connectivity index is 1.31. The van der Waals surface area contributed by atoms with E-state index < -0.39 is 0 Å². The van der Waals surface area contributed by atoms with Crippen LogP contribution in [0.15, 0.2) is 36.4 Å². The molecule has 0 saturated carbocycles. The molecule has 0 unspecified atom stereocenters. The third-order valence-corrected chi connectivity index (χ3v) is 8.32. The molecular formula is C28H33N7O. The minimum atomic E-state index is 0.427. The molecule has 5 heterocycles. The van der Waals surface area contributed by atoms with Gasteiger partial charge < -0.3 is 19.9 Å². The van der Waals surface area contributed by atoms with Crippen LogP contribution in [-0.4, -0.2) is 76.5 Å². The molecule has 8 heteroatoms. The third kappa shape index (κ3) is 3.79. The summed E-state index contributed by atoms with van der Waals surface area (Å²) in [6, 6.07) is 14.8. The number of nitrogens with zero attached hydrogens (tertiary/aromatic N) is 5. The van der Waals surface area contributed by atoms with Crippen LogP contribution >= 0.6 is 0 Å². The van der Waals surface area contributed by atoms with Crippen molar-refractivity contribution in [1.29, 1.82) is 0 Å². The lowest BCUT2D eigenvalue weighted by atomic mass is 9.99. The van der Waals surface area contributed by atoms with Crippen LogP contribution in [0.4, 0.5) is 5.82 Å². The number of hydrogen-bond donors (Lipinski definition) is 2. The van der Waals surface area contributed by atoms with Crippen molar-refractivity contribution in [3.63, 3.8) is 0 Å². The van der Waals surface area contributed by atoms with E-state index >= 15 is 0 Å². The van der Waals surface area contributed by atoms with Crippen molar-refractivity contribution < 1.29 is 4.74 Å². The summed E-state index contributed by atoms with van der Waals surface area (Å²) in [5.41, 5.74) is 5.27. The smallest absolute Gasteiger partial charge is 0.319 e. The maximum Gasteiger partial charge on any atom is 0.319 e. The van der Waals surface area contributed by atoms with Crippen LogP contribution in [0, 0.1) is 6.92 Å². The van der Waals surface area contributed by atoms with E-state index in [0.29, 0.717) is 30.7 Å². The Labute approximate surface area is 211 Å². The van der Waals surface area contributed by atoms with E-state index in [9.17, 15) is 0 Å². The molecule has 3 aliphatic heterocycles. The molecule has 7 rings (SSSR count). The number of aromatic nitrogens is 4. The van der Waals surface area contributed by atoms with E-state index in [1.807, 2.05) is 6.07 Å². The summed E-state index contributed by atoms with van der Waals surface area (Å²) in [5.74, 6) is 0.998. The predicted octanol–water partition coefficient (Wildman–Crippen LogP) is 3.90. The van der Waals surface area contributed by atoms with Gasteiger partial charge in [-0.2, -0.15) is 15.1 Å². The molecule has 3 fully saturated rings.